The zero-order valence-electron chi connectivity index (χ0n) is 15.8. The summed E-state index contributed by atoms with van der Waals surface area (Å²) in [6.07, 6.45) is 1.89. The van der Waals surface area contributed by atoms with Gasteiger partial charge in [0.05, 0.1) is 17.7 Å². The van der Waals surface area contributed by atoms with Gasteiger partial charge in [0.1, 0.15) is 10.8 Å². The summed E-state index contributed by atoms with van der Waals surface area (Å²) < 4.78 is 10.6. The summed E-state index contributed by atoms with van der Waals surface area (Å²) in [5, 5.41) is 4.15. The lowest BCUT2D eigenvalue weighted by atomic mass is 9.88. The predicted molar refractivity (Wildman–Crippen MR) is 112 cm³/mol. The molecule has 8 heteroatoms. The van der Waals surface area contributed by atoms with Gasteiger partial charge in [0.25, 0.3) is 5.91 Å². The van der Waals surface area contributed by atoms with E-state index in [0.717, 1.165) is 29.7 Å². The number of thiophene rings is 1. The summed E-state index contributed by atoms with van der Waals surface area (Å²) in [6, 6.07) is 4.80. The number of benzene rings is 1. The number of ether oxygens (including phenoxy) is 2. The van der Waals surface area contributed by atoms with Crippen LogP contribution in [0.1, 0.15) is 41.1 Å². The number of amides is 1. The second-order valence-electron chi connectivity index (χ2n) is 6.87. The van der Waals surface area contributed by atoms with E-state index in [0.29, 0.717) is 32.3 Å². The van der Waals surface area contributed by atoms with E-state index in [9.17, 15) is 9.59 Å². The molecule has 1 amide bonds. The molecule has 1 aromatic heterocycles. The number of esters is 1. The van der Waals surface area contributed by atoms with Gasteiger partial charge >= 0.3 is 5.97 Å². The molecule has 150 valence electrons. The Labute approximate surface area is 177 Å². The summed E-state index contributed by atoms with van der Waals surface area (Å²) in [7, 11) is 1.34. The van der Waals surface area contributed by atoms with Crippen molar-refractivity contribution in [2.24, 2.45) is 5.92 Å². The zero-order valence-corrected chi connectivity index (χ0v) is 18.1. The highest BCUT2D eigenvalue weighted by atomic mass is 35.5. The van der Waals surface area contributed by atoms with Crippen LogP contribution in [-0.4, -0.2) is 25.1 Å². The Morgan fingerprint density at radius 3 is 2.75 bits per heavy atom. The molecule has 2 aromatic rings. The van der Waals surface area contributed by atoms with Crippen molar-refractivity contribution < 1.29 is 19.1 Å². The van der Waals surface area contributed by atoms with Crippen LogP contribution in [0.5, 0.6) is 5.75 Å². The Kier molecular flexibility index (Phi) is 6.53. The second-order valence-corrected chi connectivity index (χ2v) is 8.82. The van der Waals surface area contributed by atoms with E-state index in [1.54, 1.807) is 25.1 Å². The molecule has 2 unspecified atom stereocenters. The van der Waals surface area contributed by atoms with Gasteiger partial charge in [-0.25, -0.2) is 4.79 Å². The van der Waals surface area contributed by atoms with Crippen LogP contribution in [0.4, 0.5) is 5.00 Å². The highest BCUT2D eigenvalue weighted by molar-refractivity contribution is 7.17. The molecule has 1 aromatic carbocycles. The maximum atomic E-state index is 12.7. The standard InChI is InChI=1S/C20H21Cl2NO4S/c1-10-4-6-13-16(8-10)28-19(17(13)20(25)26-3)23-18(24)11(2)27-15-7-5-12(21)9-14(15)22/h5,7,9-11H,4,6,8H2,1-3H3,(H,23,24). The molecule has 1 heterocycles. The van der Waals surface area contributed by atoms with Crippen LogP contribution in [-0.2, 0) is 22.4 Å². The molecule has 3 rings (SSSR count). The largest absolute Gasteiger partial charge is 0.479 e. The van der Waals surface area contributed by atoms with Crippen molar-refractivity contribution >= 4 is 51.4 Å². The van der Waals surface area contributed by atoms with E-state index in [4.69, 9.17) is 32.7 Å². The lowest BCUT2D eigenvalue weighted by Gasteiger charge is -2.18. The fraction of sp³-hybridized carbons (Fsp3) is 0.400. The van der Waals surface area contributed by atoms with Crippen molar-refractivity contribution in [3.63, 3.8) is 0 Å². The van der Waals surface area contributed by atoms with Crippen molar-refractivity contribution in [1.82, 2.24) is 0 Å². The van der Waals surface area contributed by atoms with Gasteiger partial charge in [-0.05, 0) is 55.9 Å². The molecule has 0 aliphatic heterocycles. The minimum absolute atomic E-state index is 0.322. The van der Waals surface area contributed by atoms with E-state index in [1.165, 1.54) is 18.4 Å². The molecule has 2 atom stereocenters. The number of halogens is 2. The van der Waals surface area contributed by atoms with Gasteiger partial charge in [-0.15, -0.1) is 11.3 Å². The summed E-state index contributed by atoms with van der Waals surface area (Å²) in [6.45, 7) is 3.80. The molecule has 0 saturated carbocycles. The number of fused-ring (bicyclic) bond motifs is 1. The summed E-state index contributed by atoms with van der Waals surface area (Å²) in [4.78, 5) is 26.2. The number of carbonyl (C=O) groups excluding carboxylic acids is 2. The summed E-state index contributed by atoms with van der Waals surface area (Å²) >= 11 is 13.4. The minimum Gasteiger partial charge on any atom is -0.479 e. The third-order valence-electron chi connectivity index (χ3n) is 4.70. The number of methoxy groups -OCH3 is 1. The Bertz CT molecular complexity index is 912. The molecular formula is C20H21Cl2NO4S. The van der Waals surface area contributed by atoms with Crippen molar-refractivity contribution in [3.8, 4) is 5.75 Å². The van der Waals surface area contributed by atoms with Crippen molar-refractivity contribution in [1.29, 1.82) is 0 Å². The van der Waals surface area contributed by atoms with Gasteiger partial charge in [0.15, 0.2) is 6.10 Å². The fourth-order valence-corrected chi connectivity index (χ4v) is 5.04. The fourth-order valence-electron chi connectivity index (χ4n) is 3.19. The highest BCUT2D eigenvalue weighted by Gasteiger charge is 2.29. The van der Waals surface area contributed by atoms with Gasteiger partial charge in [-0.3, -0.25) is 4.79 Å². The van der Waals surface area contributed by atoms with Crippen LogP contribution in [0.3, 0.4) is 0 Å². The Balaban J connectivity index is 1.80. The number of nitrogens with one attached hydrogen (secondary N) is 1. The van der Waals surface area contributed by atoms with Crippen molar-refractivity contribution in [2.75, 3.05) is 12.4 Å². The lowest BCUT2D eigenvalue weighted by molar-refractivity contribution is -0.122. The molecule has 28 heavy (non-hydrogen) atoms. The predicted octanol–water partition coefficient (Wildman–Crippen LogP) is 5.37. The molecule has 0 fully saturated rings. The maximum Gasteiger partial charge on any atom is 0.341 e. The number of hydrogen-bond acceptors (Lipinski definition) is 5. The van der Waals surface area contributed by atoms with Gasteiger partial charge in [-0.2, -0.15) is 0 Å². The number of hydrogen-bond donors (Lipinski definition) is 1. The molecule has 1 N–H and O–H groups in total. The SMILES string of the molecule is COC(=O)c1c(NC(=O)C(C)Oc2ccc(Cl)cc2Cl)sc2c1CCC(C)C2. The lowest BCUT2D eigenvalue weighted by Crippen LogP contribution is -2.30. The Morgan fingerprint density at radius 1 is 1.32 bits per heavy atom. The first-order valence-corrected chi connectivity index (χ1v) is 10.5. The zero-order chi connectivity index (χ0) is 20.4. The van der Waals surface area contributed by atoms with E-state index in [-0.39, 0.29) is 5.91 Å². The summed E-state index contributed by atoms with van der Waals surface area (Å²) in [5.74, 6) is 0.107. The number of carbonyl (C=O) groups is 2. The van der Waals surface area contributed by atoms with E-state index in [2.05, 4.69) is 12.2 Å². The minimum atomic E-state index is -0.817. The topological polar surface area (TPSA) is 64.6 Å². The van der Waals surface area contributed by atoms with Crippen LogP contribution < -0.4 is 10.1 Å². The van der Waals surface area contributed by atoms with Gasteiger partial charge in [-0.1, -0.05) is 30.1 Å². The number of anilines is 1. The van der Waals surface area contributed by atoms with Gasteiger partial charge in [0, 0.05) is 9.90 Å². The first-order chi connectivity index (χ1) is 13.3. The smallest absolute Gasteiger partial charge is 0.341 e. The van der Waals surface area contributed by atoms with Crippen molar-refractivity contribution in [3.05, 3.63) is 44.2 Å². The molecule has 1 aliphatic rings. The molecule has 1 aliphatic carbocycles. The quantitative estimate of drug-likeness (QED) is 0.633. The Hall–Kier alpha value is -1.76. The van der Waals surface area contributed by atoms with Crippen molar-refractivity contribution in [2.45, 2.75) is 39.2 Å². The average molecular weight is 442 g/mol. The van der Waals surface area contributed by atoms with Gasteiger partial charge < -0.3 is 14.8 Å². The third kappa shape index (κ3) is 4.45. The molecule has 0 saturated heterocycles. The monoisotopic (exact) mass is 441 g/mol. The molecule has 0 radical (unpaired) electrons. The van der Waals surface area contributed by atoms with Crippen LogP contribution in [0.25, 0.3) is 0 Å². The van der Waals surface area contributed by atoms with Crippen LogP contribution in [0.15, 0.2) is 18.2 Å². The van der Waals surface area contributed by atoms with Crippen LogP contribution in [0.2, 0.25) is 10.0 Å². The molecular weight excluding hydrogens is 421 g/mol. The highest BCUT2D eigenvalue weighted by Crippen LogP contribution is 2.40. The van der Waals surface area contributed by atoms with Crippen LogP contribution >= 0.6 is 34.5 Å². The second kappa shape index (κ2) is 8.72. The average Bonchev–Trinajstić information content (AvgIpc) is 2.99. The van der Waals surface area contributed by atoms with E-state index >= 15 is 0 Å². The normalized spacial score (nSPS) is 16.8. The maximum absolute atomic E-state index is 12.7. The molecule has 0 spiro atoms. The summed E-state index contributed by atoms with van der Waals surface area (Å²) in [5.41, 5.74) is 1.44. The van der Waals surface area contributed by atoms with E-state index < -0.39 is 12.1 Å². The number of rotatable bonds is 5. The Morgan fingerprint density at radius 2 is 2.07 bits per heavy atom. The van der Waals surface area contributed by atoms with Crippen LogP contribution in [0, 0.1) is 5.92 Å². The van der Waals surface area contributed by atoms with Gasteiger partial charge in [0.2, 0.25) is 0 Å². The molecule has 5 nitrogen and oxygen atoms in total. The van der Waals surface area contributed by atoms with E-state index in [1.807, 2.05) is 0 Å². The first-order valence-electron chi connectivity index (χ1n) is 8.95. The molecule has 0 bridgehead atoms. The first kappa shape index (κ1) is 21.0. The third-order valence-corrected chi connectivity index (χ3v) is 6.41.